The summed E-state index contributed by atoms with van der Waals surface area (Å²) in [6.07, 6.45) is 3.20. The molecule has 7 nitrogen and oxygen atoms in total. The first-order chi connectivity index (χ1) is 15.5. The maximum atomic E-state index is 12.9. The van der Waals surface area contributed by atoms with Crippen molar-refractivity contribution >= 4 is 45.8 Å². The molecule has 1 saturated heterocycles. The quantitative estimate of drug-likeness (QED) is 0.415. The van der Waals surface area contributed by atoms with E-state index in [0.29, 0.717) is 32.5 Å². The van der Waals surface area contributed by atoms with Crippen molar-refractivity contribution in [2.45, 2.75) is 63.0 Å². The van der Waals surface area contributed by atoms with E-state index in [4.69, 9.17) is 4.74 Å². The Balaban J connectivity index is 1.57. The van der Waals surface area contributed by atoms with Crippen LogP contribution in [0.4, 0.5) is 10.8 Å². The van der Waals surface area contributed by atoms with E-state index in [0.717, 1.165) is 28.0 Å². The zero-order chi connectivity index (χ0) is 23.1. The van der Waals surface area contributed by atoms with Crippen LogP contribution in [0, 0.1) is 5.92 Å². The number of nitrogens with one attached hydrogen (secondary N) is 1. The number of rotatable bonds is 9. The van der Waals surface area contributed by atoms with Crippen LogP contribution in [0.3, 0.4) is 0 Å². The van der Waals surface area contributed by atoms with Crippen molar-refractivity contribution in [1.29, 1.82) is 0 Å². The standard InChI is InChI=1S/C23H32N4O3S2/c1-5-16-9-8-10-17(6-2)19(16)24-22-25-26-23(32-22)31-15(4)20(28)27-13-11-18(12-14-27)21(29)30-7-3/h8-10,15,18H,5-7,11-14H2,1-4H3,(H,24,25). The van der Waals surface area contributed by atoms with Crippen LogP contribution in [0.1, 0.15) is 51.7 Å². The number of esters is 1. The van der Waals surface area contributed by atoms with Crippen LogP contribution in [0.15, 0.2) is 22.5 Å². The fourth-order valence-corrected chi connectivity index (χ4v) is 5.86. The Bertz CT molecular complexity index is 903. The van der Waals surface area contributed by atoms with Crippen LogP contribution in [0.5, 0.6) is 0 Å². The van der Waals surface area contributed by atoms with Crippen LogP contribution in [0.2, 0.25) is 0 Å². The Labute approximate surface area is 198 Å². The Hall–Kier alpha value is -2.13. The van der Waals surface area contributed by atoms with Gasteiger partial charge in [0.1, 0.15) is 0 Å². The van der Waals surface area contributed by atoms with Gasteiger partial charge in [0.15, 0.2) is 4.34 Å². The topological polar surface area (TPSA) is 84.4 Å². The molecule has 1 fully saturated rings. The number of hydrogen-bond acceptors (Lipinski definition) is 8. The van der Waals surface area contributed by atoms with Crippen LogP contribution < -0.4 is 5.32 Å². The van der Waals surface area contributed by atoms with E-state index >= 15 is 0 Å². The maximum absolute atomic E-state index is 12.9. The van der Waals surface area contributed by atoms with Crippen molar-refractivity contribution in [3.05, 3.63) is 29.3 Å². The number of aryl methyl sites for hydroxylation is 2. The average Bonchev–Trinajstić information content (AvgIpc) is 3.25. The largest absolute Gasteiger partial charge is 0.466 e. The number of hydrogen-bond donors (Lipinski definition) is 1. The van der Waals surface area contributed by atoms with Gasteiger partial charge >= 0.3 is 5.97 Å². The highest BCUT2D eigenvalue weighted by atomic mass is 32.2. The van der Waals surface area contributed by atoms with Crippen LogP contribution in [-0.4, -0.2) is 51.9 Å². The lowest BCUT2D eigenvalue weighted by Crippen LogP contribution is -2.43. The summed E-state index contributed by atoms with van der Waals surface area (Å²) in [6, 6.07) is 6.35. The maximum Gasteiger partial charge on any atom is 0.309 e. The molecule has 1 unspecified atom stereocenters. The Morgan fingerprint density at radius 3 is 2.44 bits per heavy atom. The van der Waals surface area contributed by atoms with Gasteiger partial charge in [-0.05, 0) is 50.7 Å². The molecule has 1 aromatic heterocycles. The third-order valence-electron chi connectivity index (χ3n) is 5.69. The van der Waals surface area contributed by atoms with Gasteiger partial charge in [0.05, 0.1) is 17.8 Å². The number of ether oxygens (including phenoxy) is 1. The summed E-state index contributed by atoms with van der Waals surface area (Å²) in [6.45, 7) is 9.57. The molecular formula is C23H32N4O3S2. The zero-order valence-electron chi connectivity index (χ0n) is 19.2. The minimum absolute atomic E-state index is 0.0756. The van der Waals surface area contributed by atoms with Crippen LogP contribution in [0.25, 0.3) is 0 Å². The number of anilines is 2. The third kappa shape index (κ3) is 6.01. The van der Waals surface area contributed by atoms with Gasteiger partial charge < -0.3 is 15.0 Å². The number of aromatic nitrogens is 2. The number of carbonyl (C=O) groups excluding carboxylic acids is 2. The van der Waals surface area contributed by atoms with Crippen molar-refractivity contribution in [3.8, 4) is 0 Å². The Kier molecular flexibility index (Phi) is 8.92. The van der Waals surface area contributed by atoms with Crippen molar-refractivity contribution in [2.24, 2.45) is 5.92 Å². The second-order valence-electron chi connectivity index (χ2n) is 7.77. The van der Waals surface area contributed by atoms with E-state index in [1.165, 1.54) is 34.2 Å². The molecule has 0 saturated carbocycles. The number of benzene rings is 1. The summed E-state index contributed by atoms with van der Waals surface area (Å²) in [4.78, 5) is 26.7. The molecule has 1 aliphatic heterocycles. The third-order valence-corrected chi connectivity index (χ3v) is 7.70. The van der Waals surface area contributed by atoms with E-state index in [2.05, 4.69) is 47.6 Å². The predicted molar refractivity (Wildman–Crippen MR) is 130 cm³/mol. The summed E-state index contributed by atoms with van der Waals surface area (Å²) in [5, 5.41) is 12.5. The van der Waals surface area contributed by atoms with Crippen molar-refractivity contribution in [1.82, 2.24) is 15.1 Å². The summed E-state index contributed by atoms with van der Waals surface area (Å²) in [5.74, 6) is -0.170. The summed E-state index contributed by atoms with van der Waals surface area (Å²) >= 11 is 2.90. The lowest BCUT2D eigenvalue weighted by molar-refractivity contribution is -0.151. The first kappa shape index (κ1) is 24.5. The van der Waals surface area contributed by atoms with E-state index in [1.54, 1.807) is 0 Å². The van der Waals surface area contributed by atoms with Crippen molar-refractivity contribution in [3.63, 3.8) is 0 Å². The molecule has 1 atom stereocenters. The summed E-state index contributed by atoms with van der Waals surface area (Å²) < 4.78 is 5.88. The highest BCUT2D eigenvalue weighted by Gasteiger charge is 2.30. The Morgan fingerprint density at radius 1 is 1.19 bits per heavy atom. The van der Waals surface area contributed by atoms with Gasteiger partial charge in [0.25, 0.3) is 0 Å². The molecule has 0 spiro atoms. The van der Waals surface area contributed by atoms with Crippen molar-refractivity contribution in [2.75, 3.05) is 25.0 Å². The molecule has 2 aromatic rings. The van der Waals surface area contributed by atoms with E-state index < -0.39 is 0 Å². The van der Waals surface area contributed by atoms with Gasteiger partial charge in [0, 0.05) is 18.8 Å². The zero-order valence-corrected chi connectivity index (χ0v) is 20.9. The lowest BCUT2D eigenvalue weighted by atomic mass is 9.97. The number of carbonyl (C=O) groups is 2. The normalized spacial score (nSPS) is 15.4. The van der Waals surface area contributed by atoms with Crippen molar-refractivity contribution < 1.29 is 14.3 Å². The van der Waals surface area contributed by atoms with Gasteiger partial charge in [-0.25, -0.2) is 0 Å². The molecule has 9 heteroatoms. The molecule has 0 aliphatic carbocycles. The predicted octanol–water partition coefficient (Wildman–Crippen LogP) is 4.69. The fraction of sp³-hybridized carbons (Fsp3) is 0.565. The van der Waals surface area contributed by atoms with Crippen LogP contribution in [-0.2, 0) is 27.2 Å². The number of likely N-dealkylation sites (tertiary alicyclic amines) is 1. The second kappa shape index (κ2) is 11.7. The first-order valence-corrected chi connectivity index (χ1v) is 13.0. The second-order valence-corrected chi connectivity index (χ2v) is 10.3. The number of para-hydroxylation sites is 1. The number of thioether (sulfide) groups is 1. The molecule has 1 aliphatic rings. The van der Waals surface area contributed by atoms with Gasteiger partial charge in [-0.2, -0.15) is 0 Å². The smallest absolute Gasteiger partial charge is 0.309 e. The molecular weight excluding hydrogens is 444 g/mol. The van der Waals surface area contributed by atoms with E-state index in [9.17, 15) is 9.59 Å². The monoisotopic (exact) mass is 476 g/mol. The number of piperidine rings is 1. The van der Waals surface area contributed by atoms with Gasteiger partial charge in [-0.3, -0.25) is 9.59 Å². The van der Waals surface area contributed by atoms with Gasteiger partial charge in [-0.15, -0.1) is 10.2 Å². The summed E-state index contributed by atoms with van der Waals surface area (Å²) in [5.41, 5.74) is 3.62. The van der Waals surface area contributed by atoms with Crippen LogP contribution >= 0.6 is 23.1 Å². The van der Waals surface area contributed by atoms with E-state index in [1.807, 2.05) is 18.7 Å². The highest BCUT2D eigenvalue weighted by molar-refractivity contribution is 8.02. The lowest BCUT2D eigenvalue weighted by Gasteiger charge is -2.32. The minimum Gasteiger partial charge on any atom is -0.466 e. The fourth-order valence-electron chi connectivity index (χ4n) is 3.87. The van der Waals surface area contributed by atoms with Gasteiger partial charge in [0.2, 0.25) is 11.0 Å². The van der Waals surface area contributed by atoms with Gasteiger partial charge in [-0.1, -0.05) is 55.1 Å². The number of amides is 1. The minimum atomic E-state index is -0.260. The molecule has 1 amide bonds. The molecule has 32 heavy (non-hydrogen) atoms. The molecule has 0 radical (unpaired) electrons. The molecule has 1 aromatic carbocycles. The number of nitrogens with zero attached hydrogens (tertiary/aromatic N) is 3. The first-order valence-electron chi connectivity index (χ1n) is 11.3. The molecule has 174 valence electrons. The molecule has 0 bridgehead atoms. The van der Waals surface area contributed by atoms with E-state index in [-0.39, 0.29) is 23.0 Å². The molecule has 3 rings (SSSR count). The summed E-state index contributed by atoms with van der Waals surface area (Å²) in [7, 11) is 0. The molecule has 2 heterocycles. The highest BCUT2D eigenvalue weighted by Crippen LogP contribution is 2.33. The SMILES string of the molecule is CCOC(=O)C1CCN(C(=O)C(C)Sc2nnc(Nc3c(CC)cccc3CC)s2)CC1. The average molecular weight is 477 g/mol. The molecule has 1 N–H and O–H groups in total. The Morgan fingerprint density at radius 2 is 1.84 bits per heavy atom.